The highest BCUT2D eigenvalue weighted by atomic mass is 35.5. The molecule has 72 valence electrons. The van der Waals surface area contributed by atoms with E-state index < -0.39 is 0 Å². The Morgan fingerprint density at radius 1 is 1.14 bits per heavy atom. The lowest BCUT2D eigenvalue weighted by molar-refractivity contribution is 1.19. The van der Waals surface area contributed by atoms with Crippen LogP contribution in [0.2, 0.25) is 5.02 Å². The average molecular weight is 206 g/mol. The first-order valence-electron chi connectivity index (χ1n) is 4.62. The molecule has 0 saturated carbocycles. The van der Waals surface area contributed by atoms with E-state index in [9.17, 15) is 0 Å². The molecule has 2 aromatic rings. The summed E-state index contributed by atoms with van der Waals surface area (Å²) in [5, 5.41) is 1.88. The van der Waals surface area contributed by atoms with Crippen LogP contribution in [0, 0.1) is 20.8 Å². The van der Waals surface area contributed by atoms with E-state index in [-0.39, 0.29) is 0 Å². The van der Waals surface area contributed by atoms with Crippen molar-refractivity contribution in [1.82, 2.24) is 4.98 Å². The summed E-state index contributed by atoms with van der Waals surface area (Å²) < 4.78 is 0. The molecule has 0 aliphatic heterocycles. The minimum atomic E-state index is 0.830. The van der Waals surface area contributed by atoms with Crippen LogP contribution in [-0.2, 0) is 0 Å². The fraction of sp³-hybridized carbons (Fsp3) is 0.250. The molecule has 1 heterocycles. The van der Waals surface area contributed by atoms with Crippen molar-refractivity contribution >= 4 is 22.5 Å². The molecule has 0 bridgehead atoms. The van der Waals surface area contributed by atoms with Gasteiger partial charge in [0, 0.05) is 11.1 Å². The molecule has 1 aromatic heterocycles. The van der Waals surface area contributed by atoms with Crippen LogP contribution < -0.4 is 0 Å². The Kier molecular flexibility index (Phi) is 2.20. The van der Waals surface area contributed by atoms with Crippen molar-refractivity contribution < 1.29 is 0 Å². The first kappa shape index (κ1) is 9.47. The third kappa shape index (κ3) is 1.38. The Morgan fingerprint density at radius 3 is 2.57 bits per heavy atom. The molecule has 0 saturated heterocycles. The molecule has 0 aliphatic rings. The topological polar surface area (TPSA) is 12.9 Å². The van der Waals surface area contributed by atoms with E-state index in [1.165, 1.54) is 5.56 Å². The molecule has 0 radical (unpaired) electrons. The maximum atomic E-state index is 6.26. The van der Waals surface area contributed by atoms with Gasteiger partial charge in [-0.05, 0) is 38.5 Å². The monoisotopic (exact) mass is 205 g/mol. The summed E-state index contributed by atoms with van der Waals surface area (Å²) in [5.41, 5.74) is 4.27. The van der Waals surface area contributed by atoms with Crippen LogP contribution in [0.15, 0.2) is 18.2 Å². The SMILES string of the molecule is Cc1ccc2nc(C)c(C)c(Cl)c2c1. The smallest absolute Gasteiger partial charge is 0.0720 e. The van der Waals surface area contributed by atoms with Crippen LogP contribution in [0.3, 0.4) is 0 Å². The maximum Gasteiger partial charge on any atom is 0.0720 e. The molecule has 0 unspecified atom stereocenters. The zero-order valence-electron chi connectivity index (χ0n) is 8.56. The number of nitrogens with zero attached hydrogens (tertiary/aromatic N) is 1. The molecule has 14 heavy (non-hydrogen) atoms. The van der Waals surface area contributed by atoms with Gasteiger partial charge in [-0.3, -0.25) is 4.98 Å². The molecule has 0 atom stereocenters. The van der Waals surface area contributed by atoms with Gasteiger partial charge in [-0.1, -0.05) is 23.2 Å². The van der Waals surface area contributed by atoms with E-state index in [2.05, 4.69) is 24.0 Å². The first-order chi connectivity index (χ1) is 6.59. The van der Waals surface area contributed by atoms with Gasteiger partial charge in [0.1, 0.15) is 0 Å². The summed E-state index contributed by atoms with van der Waals surface area (Å²) in [5.74, 6) is 0. The van der Waals surface area contributed by atoms with Crippen LogP contribution in [0.1, 0.15) is 16.8 Å². The van der Waals surface area contributed by atoms with Gasteiger partial charge >= 0.3 is 0 Å². The number of rotatable bonds is 0. The van der Waals surface area contributed by atoms with Gasteiger partial charge in [0.25, 0.3) is 0 Å². The van der Waals surface area contributed by atoms with E-state index >= 15 is 0 Å². The normalized spacial score (nSPS) is 10.9. The van der Waals surface area contributed by atoms with E-state index in [1.807, 2.05) is 19.9 Å². The highest BCUT2D eigenvalue weighted by molar-refractivity contribution is 6.36. The number of aryl methyl sites for hydroxylation is 2. The molecule has 2 rings (SSSR count). The fourth-order valence-corrected chi connectivity index (χ4v) is 1.84. The average Bonchev–Trinajstić information content (AvgIpc) is 2.16. The molecular weight excluding hydrogens is 194 g/mol. The van der Waals surface area contributed by atoms with Gasteiger partial charge in [-0.15, -0.1) is 0 Å². The summed E-state index contributed by atoms with van der Waals surface area (Å²) in [4.78, 5) is 4.49. The van der Waals surface area contributed by atoms with Gasteiger partial charge in [0.15, 0.2) is 0 Å². The lowest BCUT2D eigenvalue weighted by Gasteiger charge is -2.07. The van der Waals surface area contributed by atoms with Gasteiger partial charge in [0.05, 0.1) is 10.5 Å². The molecule has 0 fully saturated rings. The maximum absolute atomic E-state index is 6.26. The van der Waals surface area contributed by atoms with Crippen molar-refractivity contribution in [2.45, 2.75) is 20.8 Å². The zero-order chi connectivity index (χ0) is 10.3. The Labute approximate surface area is 88.7 Å². The number of halogens is 1. The highest BCUT2D eigenvalue weighted by Crippen LogP contribution is 2.27. The molecule has 2 heteroatoms. The zero-order valence-corrected chi connectivity index (χ0v) is 9.31. The number of hydrogen-bond acceptors (Lipinski definition) is 1. The fourth-order valence-electron chi connectivity index (χ4n) is 1.55. The lowest BCUT2D eigenvalue weighted by atomic mass is 10.1. The number of fused-ring (bicyclic) bond motifs is 1. The third-order valence-corrected chi connectivity index (χ3v) is 3.04. The van der Waals surface area contributed by atoms with Crippen LogP contribution in [0.4, 0.5) is 0 Å². The predicted molar refractivity (Wildman–Crippen MR) is 61.0 cm³/mol. The summed E-state index contributed by atoms with van der Waals surface area (Å²) in [6.07, 6.45) is 0. The molecule has 1 nitrogen and oxygen atoms in total. The van der Waals surface area contributed by atoms with E-state index in [4.69, 9.17) is 11.6 Å². The van der Waals surface area contributed by atoms with Crippen molar-refractivity contribution in [1.29, 1.82) is 0 Å². The van der Waals surface area contributed by atoms with E-state index in [0.29, 0.717) is 0 Å². The molecule has 1 aromatic carbocycles. The number of hydrogen-bond donors (Lipinski definition) is 0. The van der Waals surface area contributed by atoms with Crippen LogP contribution in [0.5, 0.6) is 0 Å². The molecule has 0 aliphatic carbocycles. The van der Waals surface area contributed by atoms with Crippen molar-refractivity contribution in [3.8, 4) is 0 Å². The second-order valence-electron chi connectivity index (χ2n) is 3.66. The van der Waals surface area contributed by atoms with Crippen molar-refractivity contribution in [2.75, 3.05) is 0 Å². The molecule has 0 amide bonds. The van der Waals surface area contributed by atoms with Crippen molar-refractivity contribution in [3.05, 3.63) is 40.0 Å². The largest absolute Gasteiger partial charge is 0.253 e. The second-order valence-corrected chi connectivity index (χ2v) is 4.03. The van der Waals surface area contributed by atoms with Crippen LogP contribution >= 0.6 is 11.6 Å². The lowest BCUT2D eigenvalue weighted by Crippen LogP contribution is -1.90. The second kappa shape index (κ2) is 3.25. The molecule has 0 spiro atoms. The highest BCUT2D eigenvalue weighted by Gasteiger charge is 2.06. The van der Waals surface area contributed by atoms with E-state index in [1.54, 1.807) is 0 Å². The number of benzene rings is 1. The van der Waals surface area contributed by atoms with Gasteiger partial charge in [-0.25, -0.2) is 0 Å². The van der Waals surface area contributed by atoms with Crippen LogP contribution in [0.25, 0.3) is 10.9 Å². The first-order valence-corrected chi connectivity index (χ1v) is 5.00. The van der Waals surface area contributed by atoms with E-state index in [0.717, 1.165) is 27.2 Å². The standard InChI is InChI=1S/C12H12ClN/c1-7-4-5-11-10(6-7)12(13)8(2)9(3)14-11/h4-6H,1-3H3. The summed E-state index contributed by atoms with van der Waals surface area (Å²) in [6, 6.07) is 6.15. The Balaban J connectivity index is 2.92. The minimum Gasteiger partial charge on any atom is -0.253 e. The summed E-state index contributed by atoms with van der Waals surface area (Å²) in [7, 11) is 0. The third-order valence-electron chi connectivity index (χ3n) is 2.55. The quantitative estimate of drug-likeness (QED) is 0.637. The summed E-state index contributed by atoms with van der Waals surface area (Å²) in [6.45, 7) is 6.05. The molecule has 0 N–H and O–H groups in total. The number of pyridine rings is 1. The molecular formula is C12H12ClN. The van der Waals surface area contributed by atoms with Crippen LogP contribution in [-0.4, -0.2) is 4.98 Å². The van der Waals surface area contributed by atoms with Crippen molar-refractivity contribution in [3.63, 3.8) is 0 Å². The van der Waals surface area contributed by atoms with Gasteiger partial charge < -0.3 is 0 Å². The van der Waals surface area contributed by atoms with Crippen molar-refractivity contribution in [2.24, 2.45) is 0 Å². The van der Waals surface area contributed by atoms with Gasteiger partial charge in [0.2, 0.25) is 0 Å². The number of aromatic nitrogens is 1. The predicted octanol–water partition coefficient (Wildman–Crippen LogP) is 3.81. The Hall–Kier alpha value is -1.08. The minimum absolute atomic E-state index is 0.830. The Bertz CT molecular complexity index is 503. The Morgan fingerprint density at radius 2 is 1.86 bits per heavy atom. The van der Waals surface area contributed by atoms with Gasteiger partial charge in [-0.2, -0.15) is 0 Å². The summed E-state index contributed by atoms with van der Waals surface area (Å²) >= 11 is 6.26.